The zero-order valence-corrected chi connectivity index (χ0v) is 13.9. The molecule has 2 heterocycles. The molecule has 1 aromatic carbocycles. The summed E-state index contributed by atoms with van der Waals surface area (Å²) in [6, 6.07) is 6.70. The van der Waals surface area contributed by atoms with Crippen molar-refractivity contribution in [3.63, 3.8) is 0 Å². The molecule has 0 bridgehead atoms. The highest BCUT2D eigenvalue weighted by Crippen LogP contribution is 2.16. The van der Waals surface area contributed by atoms with Crippen molar-refractivity contribution in [3.8, 4) is 0 Å². The maximum absolute atomic E-state index is 12.3. The van der Waals surface area contributed by atoms with E-state index in [0.29, 0.717) is 23.7 Å². The molecule has 2 N–H and O–H groups in total. The van der Waals surface area contributed by atoms with Crippen molar-refractivity contribution in [3.05, 3.63) is 64.1 Å². The molecule has 1 aromatic heterocycles. The van der Waals surface area contributed by atoms with E-state index >= 15 is 0 Å². The minimum Gasteiger partial charge on any atom is -0.396 e. The van der Waals surface area contributed by atoms with Crippen molar-refractivity contribution in [2.24, 2.45) is 5.92 Å². The molecule has 0 unspecified atom stereocenters. The summed E-state index contributed by atoms with van der Waals surface area (Å²) in [6.45, 7) is 4.49. The Labute approximate surface area is 141 Å². The molecule has 0 aliphatic carbocycles. The second-order valence-electron chi connectivity index (χ2n) is 6.02. The lowest BCUT2D eigenvalue weighted by Gasteiger charge is -2.30. The Morgan fingerprint density at radius 2 is 2.04 bits per heavy atom. The van der Waals surface area contributed by atoms with Crippen LogP contribution in [0.2, 0.25) is 0 Å². The van der Waals surface area contributed by atoms with Crippen LogP contribution >= 0.6 is 0 Å². The zero-order valence-electron chi connectivity index (χ0n) is 13.9. The molecule has 1 saturated heterocycles. The summed E-state index contributed by atoms with van der Waals surface area (Å²) in [5, 5.41) is 9.03. The monoisotopic (exact) mass is 333 g/mol. The van der Waals surface area contributed by atoms with Gasteiger partial charge in [0.1, 0.15) is 11.5 Å². The molecule has 1 fully saturated rings. The second kappa shape index (κ2) is 9.30. The van der Waals surface area contributed by atoms with Gasteiger partial charge in [-0.05, 0) is 50.4 Å². The van der Waals surface area contributed by atoms with Crippen LogP contribution in [0.5, 0.6) is 0 Å². The average molecular weight is 333 g/mol. The fraction of sp³-hybridized carbons (Fsp3) is 0.444. The normalized spacial score (nSPS) is 15.6. The first-order chi connectivity index (χ1) is 11.6. The maximum Gasteiger partial charge on any atom is 0.270 e. The Morgan fingerprint density at radius 3 is 2.58 bits per heavy atom. The average Bonchev–Trinajstić information content (AvgIpc) is 2.61. The summed E-state index contributed by atoms with van der Waals surface area (Å²) < 4.78 is 12.3. The van der Waals surface area contributed by atoms with Crippen molar-refractivity contribution >= 4 is 0 Å². The van der Waals surface area contributed by atoms with Gasteiger partial charge in [-0.1, -0.05) is 18.2 Å². The number of halogens is 1. The van der Waals surface area contributed by atoms with Crippen LogP contribution in [0.3, 0.4) is 0 Å². The number of rotatable bonds is 3. The number of aromatic nitrogens is 2. The van der Waals surface area contributed by atoms with Crippen LogP contribution in [0.25, 0.3) is 0 Å². The molecule has 1 aliphatic rings. The first kappa shape index (κ1) is 18.3. The number of piperidine rings is 1. The quantitative estimate of drug-likeness (QED) is 0.903. The molecule has 0 spiro atoms. The Bertz CT molecular complexity index is 661. The van der Waals surface area contributed by atoms with E-state index in [9.17, 15) is 9.18 Å². The van der Waals surface area contributed by atoms with Crippen molar-refractivity contribution in [2.45, 2.75) is 26.3 Å². The Morgan fingerprint density at radius 1 is 1.33 bits per heavy atom. The highest BCUT2D eigenvalue weighted by Gasteiger charge is 2.19. The number of nitrogens with zero attached hydrogens (tertiary/aromatic N) is 2. The van der Waals surface area contributed by atoms with Gasteiger partial charge in [0.2, 0.25) is 0 Å². The van der Waals surface area contributed by atoms with Gasteiger partial charge in [0, 0.05) is 25.5 Å². The molecule has 3 rings (SSSR count). The SMILES string of the molecule is Cc1ccccc1F.O=c1[nH]ccnc1CN1CCC(CO)CC1. The van der Waals surface area contributed by atoms with Gasteiger partial charge in [-0.3, -0.25) is 14.7 Å². The van der Waals surface area contributed by atoms with Gasteiger partial charge >= 0.3 is 0 Å². The minimum absolute atomic E-state index is 0.105. The predicted octanol–water partition coefficient (Wildman–Crippen LogP) is 2.11. The molecule has 24 heavy (non-hydrogen) atoms. The minimum atomic E-state index is -0.132. The van der Waals surface area contributed by atoms with E-state index in [1.54, 1.807) is 31.5 Å². The van der Waals surface area contributed by atoms with Gasteiger partial charge in [-0.25, -0.2) is 4.39 Å². The number of benzene rings is 1. The number of aryl methyl sites for hydroxylation is 1. The molecule has 0 radical (unpaired) electrons. The van der Waals surface area contributed by atoms with E-state index in [4.69, 9.17) is 5.11 Å². The topological polar surface area (TPSA) is 69.2 Å². The van der Waals surface area contributed by atoms with Crippen molar-refractivity contribution < 1.29 is 9.50 Å². The summed E-state index contributed by atoms with van der Waals surface area (Å²) in [5.41, 5.74) is 1.17. The van der Waals surface area contributed by atoms with Gasteiger partial charge < -0.3 is 10.1 Å². The molecule has 130 valence electrons. The molecule has 0 amide bonds. The van der Waals surface area contributed by atoms with Gasteiger partial charge in [-0.15, -0.1) is 0 Å². The predicted molar refractivity (Wildman–Crippen MR) is 91.1 cm³/mol. The molecule has 0 saturated carbocycles. The van der Waals surface area contributed by atoms with E-state index in [1.165, 1.54) is 6.07 Å². The highest BCUT2D eigenvalue weighted by atomic mass is 19.1. The molecule has 0 atom stereocenters. The van der Waals surface area contributed by atoms with Crippen LogP contribution in [0, 0.1) is 18.7 Å². The molecular formula is C18H24FN3O2. The van der Waals surface area contributed by atoms with Crippen LogP contribution in [0.1, 0.15) is 24.1 Å². The largest absolute Gasteiger partial charge is 0.396 e. The van der Waals surface area contributed by atoms with Crippen LogP contribution in [-0.2, 0) is 6.54 Å². The lowest BCUT2D eigenvalue weighted by Crippen LogP contribution is -2.36. The van der Waals surface area contributed by atoms with E-state index in [2.05, 4.69) is 14.9 Å². The van der Waals surface area contributed by atoms with Gasteiger partial charge in [0.25, 0.3) is 5.56 Å². The molecule has 6 heteroatoms. The summed E-state index contributed by atoms with van der Waals surface area (Å²) in [5.74, 6) is 0.297. The van der Waals surface area contributed by atoms with Crippen LogP contribution < -0.4 is 5.56 Å². The van der Waals surface area contributed by atoms with Crippen molar-refractivity contribution in [1.82, 2.24) is 14.9 Å². The van der Waals surface area contributed by atoms with Crippen LogP contribution in [0.15, 0.2) is 41.5 Å². The van der Waals surface area contributed by atoms with Gasteiger partial charge in [0.05, 0.1) is 0 Å². The number of likely N-dealkylation sites (tertiary alicyclic amines) is 1. The van der Waals surface area contributed by atoms with E-state index < -0.39 is 0 Å². The third kappa shape index (κ3) is 5.54. The highest BCUT2D eigenvalue weighted by molar-refractivity contribution is 5.14. The second-order valence-corrected chi connectivity index (χ2v) is 6.02. The first-order valence-corrected chi connectivity index (χ1v) is 8.17. The number of H-pyrrole nitrogens is 1. The lowest BCUT2D eigenvalue weighted by atomic mass is 9.98. The van der Waals surface area contributed by atoms with E-state index in [1.807, 2.05) is 6.07 Å². The van der Waals surface area contributed by atoms with Crippen molar-refractivity contribution in [1.29, 1.82) is 0 Å². The summed E-state index contributed by atoms with van der Waals surface area (Å²) in [6.07, 6.45) is 5.16. The summed E-state index contributed by atoms with van der Waals surface area (Å²) >= 11 is 0. The Hall–Kier alpha value is -2.05. The number of hydrogen-bond acceptors (Lipinski definition) is 4. The number of aliphatic hydroxyl groups is 1. The molecule has 5 nitrogen and oxygen atoms in total. The van der Waals surface area contributed by atoms with Gasteiger partial charge in [0.15, 0.2) is 0 Å². The first-order valence-electron chi connectivity index (χ1n) is 8.17. The Balaban J connectivity index is 0.000000219. The lowest BCUT2D eigenvalue weighted by molar-refractivity contribution is 0.126. The number of hydrogen-bond donors (Lipinski definition) is 2. The smallest absolute Gasteiger partial charge is 0.270 e. The fourth-order valence-corrected chi connectivity index (χ4v) is 2.58. The van der Waals surface area contributed by atoms with Crippen LogP contribution in [-0.4, -0.2) is 39.7 Å². The van der Waals surface area contributed by atoms with Crippen molar-refractivity contribution in [2.75, 3.05) is 19.7 Å². The molecule has 1 aliphatic heterocycles. The standard InChI is InChI=1S/C11H17N3O2.C7H7F/c15-8-9-1-5-14(6-2-9)7-10-11(16)13-4-3-12-10;1-6-4-2-3-5-7(6)8/h3-4,9,15H,1-2,5-8H2,(H,13,16);2-5H,1H3. The number of aromatic amines is 1. The fourth-order valence-electron chi connectivity index (χ4n) is 2.58. The van der Waals surface area contributed by atoms with Gasteiger partial charge in [-0.2, -0.15) is 0 Å². The summed E-state index contributed by atoms with van der Waals surface area (Å²) in [7, 11) is 0. The third-order valence-corrected chi connectivity index (χ3v) is 4.20. The maximum atomic E-state index is 12.3. The zero-order chi connectivity index (χ0) is 17.4. The number of nitrogens with one attached hydrogen (secondary N) is 1. The Kier molecular flexibility index (Phi) is 7.08. The molecule has 2 aromatic rings. The van der Waals surface area contributed by atoms with E-state index in [-0.39, 0.29) is 18.0 Å². The van der Waals surface area contributed by atoms with E-state index in [0.717, 1.165) is 25.9 Å². The third-order valence-electron chi connectivity index (χ3n) is 4.20. The van der Waals surface area contributed by atoms with Crippen LogP contribution in [0.4, 0.5) is 4.39 Å². The number of aliphatic hydroxyl groups excluding tert-OH is 1. The summed E-state index contributed by atoms with van der Waals surface area (Å²) in [4.78, 5) is 20.3. The molecular weight excluding hydrogens is 309 g/mol.